The molecule has 0 spiro atoms. The fourth-order valence-corrected chi connectivity index (χ4v) is 3.22. The summed E-state index contributed by atoms with van der Waals surface area (Å²) in [6.07, 6.45) is 7.39. The lowest BCUT2D eigenvalue weighted by molar-refractivity contribution is -0.140. The number of piperidine rings is 1. The summed E-state index contributed by atoms with van der Waals surface area (Å²) < 4.78 is 0. The number of aliphatic hydroxyl groups is 1. The molecular weight excluding hydrogens is 281 g/mol. The highest BCUT2D eigenvalue weighted by Gasteiger charge is 2.32. The molecule has 126 valence electrons. The van der Waals surface area contributed by atoms with Gasteiger partial charge in [0.15, 0.2) is 0 Å². The third-order valence-electron chi connectivity index (χ3n) is 4.60. The monoisotopic (exact) mass is 311 g/mol. The van der Waals surface area contributed by atoms with Crippen molar-refractivity contribution in [2.75, 3.05) is 13.1 Å². The van der Waals surface area contributed by atoms with E-state index in [1.807, 2.05) is 0 Å². The van der Waals surface area contributed by atoms with Gasteiger partial charge in [-0.2, -0.15) is 0 Å². The lowest BCUT2D eigenvalue weighted by atomic mass is 9.62. The lowest BCUT2D eigenvalue weighted by Gasteiger charge is -2.35. The van der Waals surface area contributed by atoms with Crippen molar-refractivity contribution in [3.63, 3.8) is 0 Å². The minimum atomic E-state index is -0.806. The van der Waals surface area contributed by atoms with Gasteiger partial charge >= 0.3 is 12.9 Å². The number of carboxylic acid groups (broad SMARTS) is 1. The van der Waals surface area contributed by atoms with Crippen LogP contribution in [0.15, 0.2) is 11.6 Å². The fraction of sp³-hybridized carbons (Fsp3) is 0.812. The molecule has 1 heterocycles. The Morgan fingerprint density at radius 3 is 2.68 bits per heavy atom. The Morgan fingerprint density at radius 2 is 2.14 bits per heavy atom. The van der Waals surface area contributed by atoms with Crippen LogP contribution in [0.25, 0.3) is 0 Å². The molecule has 0 radical (unpaired) electrons. The van der Waals surface area contributed by atoms with Gasteiger partial charge in [0.2, 0.25) is 0 Å². The number of carboxylic acids is 1. The molecule has 1 aliphatic heterocycles. The van der Waals surface area contributed by atoms with Crippen LogP contribution in [0.3, 0.4) is 0 Å². The van der Waals surface area contributed by atoms with Crippen molar-refractivity contribution in [3.8, 4) is 0 Å². The van der Waals surface area contributed by atoms with E-state index in [0.29, 0.717) is 25.2 Å². The van der Waals surface area contributed by atoms with E-state index in [0.717, 1.165) is 25.7 Å². The maximum atomic E-state index is 11.2. The van der Waals surface area contributed by atoms with Gasteiger partial charge in [0.05, 0.1) is 0 Å². The predicted molar refractivity (Wildman–Crippen MR) is 88.8 cm³/mol. The molecule has 0 aromatic heterocycles. The van der Waals surface area contributed by atoms with Crippen LogP contribution in [0.1, 0.15) is 46.0 Å². The van der Waals surface area contributed by atoms with Gasteiger partial charge in [0.25, 0.3) is 0 Å². The number of carbonyl (C=O) groups is 1. The average Bonchev–Trinajstić information content (AvgIpc) is 2.52. The molecule has 2 unspecified atom stereocenters. The van der Waals surface area contributed by atoms with Gasteiger partial charge in [-0.3, -0.25) is 4.79 Å². The zero-order valence-corrected chi connectivity index (χ0v) is 13.8. The maximum Gasteiger partial charge on any atom is 0.320 e. The summed E-state index contributed by atoms with van der Waals surface area (Å²) in [5.74, 6) is -0.260. The molecule has 4 N–H and O–H groups in total. The van der Waals surface area contributed by atoms with Crippen LogP contribution in [-0.4, -0.2) is 47.2 Å². The van der Waals surface area contributed by atoms with E-state index in [1.165, 1.54) is 5.57 Å². The van der Waals surface area contributed by atoms with E-state index in [9.17, 15) is 14.9 Å². The molecule has 0 aromatic carbocycles. The van der Waals surface area contributed by atoms with Crippen LogP contribution in [0.4, 0.5) is 0 Å². The molecule has 1 aliphatic rings. The second kappa shape index (κ2) is 10.0. The molecule has 0 bridgehead atoms. The summed E-state index contributed by atoms with van der Waals surface area (Å²) in [4.78, 5) is 11.2. The van der Waals surface area contributed by atoms with Crippen LogP contribution >= 0.6 is 0 Å². The third-order valence-corrected chi connectivity index (χ3v) is 4.60. The van der Waals surface area contributed by atoms with Crippen LogP contribution in [0.5, 0.6) is 0 Å². The Morgan fingerprint density at radius 1 is 1.41 bits per heavy atom. The molecule has 6 heteroatoms. The largest absolute Gasteiger partial charge is 0.480 e. The summed E-state index contributed by atoms with van der Waals surface area (Å²) >= 11 is 0. The number of aliphatic carboxylic acids is 1. The molecule has 0 saturated carbocycles. The normalized spacial score (nSPS) is 26.0. The second-order valence-corrected chi connectivity index (χ2v) is 6.30. The molecule has 5 nitrogen and oxygen atoms in total. The number of allylic oxidation sites excluding steroid dienone is 1. The van der Waals surface area contributed by atoms with Crippen molar-refractivity contribution < 1.29 is 20.0 Å². The zero-order chi connectivity index (χ0) is 16.5. The van der Waals surface area contributed by atoms with Crippen molar-refractivity contribution in [1.29, 1.82) is 0 Å². The molecule has 1 fully saturated rings. The van der Waals surface area contributed by atoms with Crippen LogP contribution < -0.4 is 5.32 Å². The number of rotatable bonds is 9. The zero-order valence-electron chi connectivity index (χ0n) is 13.8. The highest BCUT2D eigenvalue weighted by molar-refractivity contribution is 6.49. The summed E-state index contributed by atoms with van der Waals surface area (Å²) in [6, 6.07) is -0.503. The molecular formula is C16H30BNO4. The quantitative estimate of drug-likeness (QED) is 0.384. The van der Waals surface area contributed by atoms with Gasteiger partial charge in [-0.1, -0.05) is 38.3 Å². The molecule has 22 heavy (non-hydrogen) atoms. The minimum absolute atomic E-state index is 0.232. The number of hydrogen-bond acceptors (Lipinski definition) is 4. The standard InChI is InChI=1S/C16H30BNO4/c1-3-5-12(4-2)8-14-10-18-15(16(20)21)9-13(14)6-7-17(22)11-19/h8,13-15,18-19,22H,3-7,9-11H2,1-2H3,(H,20,21)/b12-8-/t13?,14?,15-/m0/s1. The topological polar surface area (TPSA) is 89.8 Å². The van der Waals surface area contributed by atoms with Crippen molar-refractivity contribution in [1.82, 2.24) is 5.32 Å². The number of aliphatic hydroxyl groups excluding tert-OH is 1. The molecule has 0 aliphatic carbocycles. The Hall–Kier alpha value is -0.845. The number of nitrogens with one attached hydrogen (secondary N) is 1. The second-order valence-electron chi connectivity index (χ2n) is 6.30. The van der Waals surface area contributed by atoms with E-state index in [2.05, 4.69) is 25.2 Å². The van der Waals surface area contributed by atoms with Gasteiger partial charge in [0.1, 0.15) is 6.04 Å². The molecule has 0 amide bonds. The summed E-state index contributed by atoms with van der Waals surface area (Å²) in [5.41, 5.74) is 1.43. The molecule has 3 atom stereocenters. The first-order valence-corrected chi connectivity index (χ1v) is 8.46. The minimum Gasteiger partial charge on any atom is -0.480 e. The summed E-state index contributed by atoms with van der Waals surface area (Å²) in [5, 5.41) is 30.8. The van der Waals surface area contributed by atoms with E-state index < -0.39 is 18.9 Å². The van der Waals surface area contributed by atoms with E-state index in [1.54, 1.807) is 0 Å². The van der Waals surface area contributed by atoms with Crippen LogP contribution in [0, 0.1) is 11.8 Å². The molecule has 1 saturated heterocycles. The molecule has 1 rings (SSSR count). The highest BCUT2D eigenvalue weighted by Crippen LogP contribution is 2.30. The van der Waals surface area contributed by atoms with Crippen molar-refractivity contribution in [2.45, 2.75) is 58.3 Å². The Balaban J connectivity index is 2.76. The van der Waals surface area contributed by atoms with Crippen molar-refractivity contribution in [3.05, 3.63) is 11.6 Å². The summed E-state index contributed by atoms with van der Waals surface area (Å²) in [6.45, 7) is 4.05. The fourth-order valence-electron chi connectivity index (χ4n) is 3.22. The smallest absolute Gasteiger partial charge is 0.320 e. The van der Waals surface area contributed by atoms with Gasteiger partial charge in [-0.15, -0.1) is 0 Å². The SMILES string of the molecule is CCC/C(=C\C1CN[C@H](C(=O)O)CC1CCB(O)CO)CC. The number of hydrogen-bond donors (Lipinski definition) is 4. The van der Waals surface area contributed by atoms with Gasteiger partial charge in [0, 0.05) is 13.1 Å². The first-order chi connectivity index (χ1) is 10.5. The Kier molecular flexibility index (Phi) is 8.75. The highest BCUT2D eigenvalue weighted by atomic mass is 16.4. The average molecular weight is 311 g/mol. The first-order valence-electron chi connectivity index (χ1n) is 8.46. The van der Waals surface area contributed by atoms with Gasteiger partial charge in [-0.05, 0) is 37.4 Å². The van der Waals surface area contributed by atoms with Gasteiger partial charge in [-0.25, -0.2) is 0 Å². The van der Waals surface area contributed by atoms with E-state index in [-0.39, 0.29) is 12.4 Å². The van der Waals surface area contributed by atoms with E-state index in [4.69, 9.17) is 5.11 Å². The van der Waals surface area contributed by atoms with E-state index >= 15 is 0 Å². The van der Waals surface area contributed by atoms with Crippen molar-refractivity contribution in [2.24, 2.45) is 11.8 Å². The summed E-state index contributed by atoms with van der Waals surface area (Å²) in [7, 11) is 0. The Bertz CT molecular complexity index is 375. The maximum absolute atomic E-state index is 11.2. The third kappa shape index (κ3) is 6.11. The first kappa shape index (κ1) is 19.2. The lowest BCUT2D eigenvalue weighted by Crippen LogP contribution is -2.47. The Labute approximate surface area is 133 Å². The van der Waals surface area contributed by atoms with Crippen molar-refractivity contribution >= 4 is 12.9 Å². The van der Waals surface area contributed by atoms with Crippen LogP contribution in [0.2, 0.25) is 6.32 Å². The predicted octanol–water partition coefficient (Wildman–Crippen LogP) is 1.71. The van der Waals surface area contributed by atoms with Crippen LogP contribution in [-0.2, 0) is 4.79 Å². The molecule has 0 aromatic rings. The van der Waals surface area contributed by atoms with Gasteiger partial charge < -0.3 is 20.6 Å².